The normalized spacial score (nSPS) is 11.7. The summed E-state index contributed by atoms with van der Waals surface area (Å²) in [4.78, 5) is 32.7. The number of amides is 1. The van der Waals surface area contributed by atoms with E-state index in [-0.39, 0.29) is 17.0 Å². The van der Waals surface area contributed by atoms with Crippen LogP contribution in [0, 0.1) is 10.1 Å². The number of hydrogen-bond donors (Lipinski definition) is 2. The van der Waals surface area contributed by atoms with E-state index in [0.29, 0.717) is 0 Å². The summed E-state index contributed by atoms with van der Waals surface area (Å²) < 4.78 is 0. The maximum absolute atomic E-state index is 11.9. The molecule has 0 radical (unpaired) electrons. The zero-order valence-corrected chi connectivity index (χ0v) is 10.7. The number of hydrogen-bond acceptors (Lipinski definition) is 4. The van der Waals surface area contributed by atoms with Crippen LogP contribution in [0.3, 0.4) is 0 Å². The molecule has 7 nitrogen and oxygen atoms in total. The van der Waals surface area contributed by atoms with Crippen molar-refractivity contribution in [2.45, 2.75) is 19.4 Å². The van der Waals surface area contributed by atoms with Gasteiger partial charge in [-0.3, -0.25) is 14.9 Å². The van der Waals surface area contributed by atoms with Crippen molar-refractivity contribution in [2.75, 3.05) is 0 Å². The summed E-state index contributed by atoms with van der Waals surface area (Å²) in [6.07, 6.45) is 0.162. The molecule has 0 saturated heterocycles. The summed E-state index contributed by atoms with van der Waals surface area (Å²) in [6, 6.07) is 2.40. The quantitative estimate of drug-likeness (QED) is 0.634. The molecule has 1 unspecified atom stereocenters. The predicted octanol–water partition coefficient (Wildman–Crippen LogP) is 1.84. The van der Waals surface area contributed by atoms with Gasteiger partial charge >= 0.3 is 5.97 Å². The molecule has 0 aliphatic rings. The smallest absolute Gasteiger partial charge is 0.326 e. The molecule has 8 heteroatoms. The molecule has 0 aliphatic carbocycles. The van der Waals surface area contributed by atoms with E-state index >= 15 is 0 Å². The van der Waals surface area contributed by atoms with Gasteiger partial charge in [-0.1, -0.05) is 18.5 Å². The second kappa shape index (κ2) is 6.14. The van der Waals surface area contributed by atoms with Crippen LogP contribution in [0.5, 0.6) is 0 Å². The van der Waals surface area contributed by atoms with Crippen LogP contribution < -0.4 is 5.32 Å². The van der Waals surface area contributed by atoms with Crippen LogP contribution in [0.2, 0.25) is 5.02 Å². The average molecular weight is 287 g/mol. The molecule has 0 aromatic heterocycles. The third kappa shape index (κ3) is 3.65. The Kier molecular flexibility index (Phi) is 4.82. The Balaban J connectivity index is 3.08. The number of carbonyl (C=O) groups is 2. The molecule has 19 heavy (non-hydrogen) atoms. The fourth-order valence-electron chi connectivity index (χ4n) is 1.42. The number of nitro groups is 1. The minimum atomic E-state index is -1.21. The molecule has 1 aromatic rings. The van der Waals surface area contributed by atoms with Gasteiger partial charge in [0.25, 0.3) is 11.6 Å². The van der Waals surface area contributed by atoms with Gasteiger partial charge in [0.2, 0.25) is 0 Å². The van der Waals surface area contributed by atoms with E-state index in [4.69, 9.17) is 16.7 Å². The van der Waals surface area contributed by atoms with Crippen LogP contribution in [0.4, 0.5) is 5.69 Å². The van der Waals surface area contributed by atoms with E-state index in [0.717, 1.165) is 12.1 Å². The molecule has 0 fully saturated rings. The average Bonchev–Trinajstić information content (AvgIpc) is 2.34. The van der Waals surface area contributed by atoms with Gasteiger partial charge in [-0.05, 0) is 18.6 Å². The third-order valence-corrected chi connectivity index (χ3v) is 2.65. The first-order valence-corrected chi connectivity index (χ1v) is 5.72. The SMILES string of the molecule is CCC(NC(=O)c1cc(Cl)ccc1[N+](=O)[O-])C(=O)O. The van der Waals surface area contributed by atoms with Gasteiger partial charge < -0.3 is 10.4 Å². The number of carbonyl (C=O) groups excluding carboxylic acids is 1. The van der Waals surface area contributed by atoms with Crippen LogP contribution in [0.25, 0.3) is 0 Å². The number of nitro benzene ring substituents is 1. The lowest BCUT2D eigenvalue weighted by Gasteiger charge is -2.12. The Morgan fingerprint density at radius 2 is 2.16 bits per heavy atom. The largest absolute Gasteiger partial charge is 0.480 e. The van der Waals surface area contributed by atoms with Gasteiger partial charge in [0.05, 0.1) is 4.92 Å². The Morgan fingerprint density at radius 3 is 2.63 bits per heavy atom. The number of nitrogens with zero attached hydrogens (tertiary/aromatic N) is 1. The number of rotatable bonds is 5. The Labute approximate surface area is 113 Å². The second-order valence-electron chi connectivity index (χ2n) is 3.69. The van der Waals surface area contributed by atoms with Crippen molar-refractivity contribution in [1.29, 1.82) is 0 Å². The molecular formula is C11H11ClN2O5. The summed E-state index contributed by atoms with van der Waals surface area (Å²) in [5.41, 5.74) is -0.695. The van der Waals surface area contributed by atoms with E-state index in [9.17, 15) is 19.7 Å². The van der Waals surface area contributed by atoms with E-state index in [2.05, 4.69) is 5.32 Å². The van der Waals surface area contributed by atoms with Crippen molar-refractivity contribution in [3.8, 4) is 0 Å². The monoisotopic (exact) mass is 286 g/mol. The van der Waals surface area contributed by atoms with Crippen molar-refractivity contribution in [2.24, 2.45) is 0 Å². The summed E-state index contributed by atoms with van der Waals surface area (Å²) in [7, 11) is 0. The third-order valence-electron chi connectivity index (χ3n) is 2.41. The van der Waals surface area contributed by atoms with Gasteiger partial charge in [0.1, 0.15) is 11.6 Å². The molecule has 2 N–H and O–H groups in total. The molecule has 102 valence electrons. The Morgan fingerprint density at radius 1 is 1.53 bits per heavy atom. The maximum atomic E-state index is 11.9. The number of aliphatic carboxylic acids is 1. The molecule has 1 atom stereocenters. The standard InChI is InChI=1S/C11H11ClN2O5/c1-2-8(11(16)17)13-10(15)7-5-6(12)3-4-9(7)14(18)19/h3-5,8H,2H2,1H3,(H,13,15)(H,16,17). The zero-order chi connectivity index (χ0) is 14.6. The van der Waals surface area contributed by atoms with Crippen molar-refractivity contribution >= 4 is 29.2 Å². The fraction of sp³-hybridized carbons (Fsp3) is 0.273. The van der Waals surface area contributed by atoms with Crippen LogP contribution in [0.15, 0.2) is 18.2 Å². The molecule has 1 amide bonds. The van der Waals surface area contributed by atoms with Gasteiger partial charge in [-0.2, -0.15) is 0 Å². The summed E-state index contributed by atoms with van der Waals surface area (Å²) >= 11 is 5.68. The van der Waals surface area contributed by atoms with Gasteiger partial charge in [0, 0.05) is 11.1 Å². The van der Waals surface area contributed by atoms with Gasteiger partial charge in [-0.15, -0.1) is 0 Å². The first kappa shape index (κ1) is 14.9. The Hall–Kier alpha value is -2.15. The first-order chi connectivity index (χ1) is 8.86. The van der Waals surface area contributed by atoms with E-state index < -0.39 is 28.5 Å². The minimum Gasteiger partial charge on any atom is -0.480 e. The minimum absolute atomic E-state index is 0.152. The van der Waals surface area contributed by atoms with Crippen molar-refractivity contribution < 1.29 is 19.6 Å². The molecule has 1 aromatic carbocycles. The lowest BCUT2D eigenvalue weighted by atomic mass is 10.1. The van der Waals surface area contributed by atoms with Crippen molar-refractivity contribution in [3.63, 3.8) is 0 Å². The Bertz CT molecular complexity index is 532. The highest BCUT2D eigenvalue weighted by atomic mass is 35.5. The zero-order valence-electron chi connectivity index (χ0n) is 9.92. The van der Waals surface area contributed by atoms with Crippen molar-refractivity contribution in [3.05, 3.63) is 38.9 Å². The first-order valence-electron chi connectivity index (χ1n) is 5.34. The fourth-order valence-corrected chi connectivity index (χ4v) is 1.60. The molecule has 0 spiro atoms. The number of carboxylic acids is 1. The molecule has 0 saturated carbocycles. The second-order valence-corrected chi connectivity index (χ2v) is 4.13. The highest BCUT2D eigenvalue weighted by Crippen LogP contribution is 2.22. The highest BCUT2D eigenvalue weighted by molar-refractivity contribution is 6.31. The van der Waals surface area contributed by atoms with Crippen LogP contribution in [-0.2, 0) is 4.79 Å². The van der Waals surface area contributed by atoms with E-state index in [1.54, 1.807) is 6.92 Å². The van der Waals surface area contributed by atoms with Gasteiger partial charge in [-0.25, -0.2) is 4.79 Å². The lowest BCUT2D eigenvalue weighted by Crippen LogP contribution is -2.40. The number of halogens is 1. The lowest BCUT2D eigenvalue weighted by molar-refractivity contribution is -0.385. The molecule has 0 bridgehead atoms. The number of nitrogens with one attached hydrogen (secondary N) is 1. The van der Waals surface area contributed by atoms with E-state index in [1.165, 1.54) is 6.07 Å². The van der Waals surface area contributed by atoms with Crippen molar-refractivity contribution in [1.82, 2.24) is 5.32 Å². The molecule has 1 rings (SSSR count). The van der Waals surface area contributed by atoms with Crippen LogP contribution in [-0.4, -0.2) is 27.9 Å². The number of carboxylic acid groups (broad SMARTS) is 1. The summed E-state index contributed by atoms with van der Waals surface area (Å²) in [5.74, 6) is -2.05. The van der Waals surface area contributed by atoms with Gasteiger partial charge in [0.15, 0.2) is 0 Å². The molecule has 0 aliphatic heterocycles. The maximum Gasteiger partial charge on any atom is 0.326 e. The van der Waals surface area contributed by atoms with Crippen LogP contribution in [0.1, 0.15) is 23.7 Å². The summed E-state index contributed by atoms with van der Waals surface area (Å²) in [5, 5.41) is 22.0. The number of benzene rings is 1. The molecule has 0 heterocycles. The topological polar surface area (TPSA) is 110 Å². The molecular weight excluding hydrogens is 276 g/mol. The van der Waals surface area contributed by atoms with E-state index in [1.807, 2.05) is 0 Å². The summed E-state index contributed by atoms with van der Waals surface area (Å²) in [6.45, 7) is 1.57. The van der Waals surface area contributed by atoms with Crippen LogP contribution >= 0.6 is 11.6 Å². The highest BCUT2D eigenvalue weighted by Gasteiger charge is 2.24. The predicted molar refractivity (Wildman–Crippen MR) is 67.3 cm³/mol.